The van der Waals surface area contributed by atoms with Crippen LogP contribution in [0.4, 0.5) is 0 Å². The summed E-state index contributed by atoms with van der Waals surface area (Å²) >= 11 is 0. The maximum absolute atomic E-state index is 12.4. The first-order valence-corrected chi connectivity index (χ1v) is 9.43. The van der Waals surface area contributed by atoms with Gasteiger partial charge in [-0.05, 0) is 36.3 Å². The monoisotopic (exact) mass is 308 g/mol. The molecular weight excluding hydrogens is 284 g/mol. The Balaban J connectivity index is 1.64. The molecule has 1 aliphatic heterocycles. The van der Waals surface area contributed by atoms with Gasteiger partial charge >= 0.3 is 0 Å². The molecule has 0 amide bonds. The Bertz CT molecular complexity index is 596. The van der Waals surface area contributed by atoms with E-state index < -0.39 is 10.0 Å². The van der Waals surface area contributed by atoms with E-state index in [9.17, 15) is 8.42 Å². The Morgan fingerprint density at radius 1 is 1.24 bits per heavy atom. The van der Waals surface area contributed by atoms with E-state index in [1.807, 2.05) is 18.2 Å². The Morgan fingerprint density at radius 2 is 2.00 bits per heavy atom. The van der Waals surface area contributed by atoms with Gasteiger partial charge in [0.2, 0.25) is 10.0 Å². The van der Waals surface area contributed by atoms with Gasteiger partial charge in [-0.25, -0.2) is 12.7 Å². The molecule has 1 N–H and O–H groups in total. The summed E-state index contributed by atoms with van der Waals surface area (Å²) < 4.78 is 26.5. The summed E-state index contributed by atoms with van der Waals surface area (Å²) in [7, 11) is -3.17. The zero-order chi connectivity index (χ0) is 14.9. The SMILES string of the molecule is CC1CCN(S(=O)(=O)Cc2cccc(CNC3CC3)c2)C1. The van der Waals surface area contributed by atoms with Gasteiger partial charge in [0.1, 0.15) is 0 Å². The third-order valence-electron chi connectivity index (χ3n) is 4.29. The third-order valence-corrected chi connectivity index (χ3v) is 6.11. The zero-order valence-electron chi connectivity index (χ0n) is 12.6. The topological polar surface area (TPSA) is 49.4 Å². The van der Waals surface area contributed by atoms with Crippen molar-refractivity contribution in [2.45, 2.75) is 44.5 Å². The smallest absolute Gasteiger partial charge is 0.218 e. The number of hydrogen-bond donors (Lipinski definition) is 1. The van der Waals surface area contributed by atoms with Gasteiger partial charge in [-0.2, -0.15) is 0 Å². The highest BCUT2D eigenvalue weighted by molar-refractivity contribution is 7.88. The van der Waals surface area contributed by atoms with Crippen LogP contribution in [0.25, 0.3) is 0 Å². The van der Waals surface area contributed by atoms with E-state index in [1.165, 1.54) is 18.4 Å². The normalized spacial score (nSPS) is 23.6. The molecule has 1 aromatic carbocycles. The van der Waals surface area contributed by atoms with E-state index in [-0.39, 0.29) is 5.75 Å². The van der Waals surface area contributed by atoms with Gasteiger partial charge in [0.15, 0.2) is 0 Å². The highest BCUT2D eigenvalue weighted by atomic mass is 32.2. The summed E-state index contributed by atoms with van der Waals surface area (Å²) in [6.07, 6.45) is 3.51. The van der Waals surface area contributed by atoms with Crippen LogP contribution in [0.2, 0.25) is 0 Å². The van der Waals surface area contributed by atoms with Crippen molar-refractivity contribution in [3.8, 4) is 0 Å². The largest absolute Gasteiger partial charge is 0.310 e. The van der Waals surface area contributed by atoms with Crippen LogP contribution >= 0.6 is 0 Å². The van der Waals surface area contributed by atoms with Crippen molar-refractivity contribution in [2.24, 2.45) is 5.92 Å². The molecule has 116 valence electrons. The standard InChI is InChI=1S/C16H24N2O2S/c1-13-7-8-18(11-13)21(19,20)12-15-4-2-3-14(9-15)10-17-16-5-6-16/h2-4,9,13,16-17H,5-8,10-12H2,1H3. The van der Waals surface area contributed by atoms with E-state index in [0.29, 0.717) is 25.0 Å². The minimum Gasteiger partial charge on any atom is -0.310 e. The van der Waals surface area contributed by atoms with Crippen molar-refractivity contribution in [2.75, 3.05) is 13.1 Å². The fraction of sp³-hybridized carbons (Fsp3) is 0.625. The number of sulfonamides is 1. The van der Waals surface area contributed by atoms with E-state index in [4.69, 9.17) is 0 Å². The zero-order valence-corrected chi connectivity index (χ0v) is 13.4. The highest BCUT2D eigenvalue weighted by Crippen LogP contribution is 2.22. The second-order valence-corrected chi connectivity index (χ2v) is 8.45. The van der Waals surface area contributed by atoms with Gasteiger partial charge in [-0.15, -0.1) is 0 Å². The molecular formula is C16H24N2O2S. The van der Waals surface area contributed by atoms with Crippen LogP contribution in [0, 0.1) is 5.92 Å². The first-order valence-electron chi connectivity index (χ1n) is 7.82. The van der Waals surface area contributed by atoms with Gasteiger partial charge in [-0.1, -0.05) is 31.2 Å². The van der Waals surface area contributed by atoms with Gasteiger partial charge < -0.3 is 5.32 Å². The number of nitrogens with one attached hydrogen (secondary N) is 1. The number of nitrogens with zero attached hydrogens (tertiary/aromatic N) is 1. The number of hydrogen-bond acceptors (Lipinski definition) is 3. The Kier molecular flexibility index (Phi) is 4.33. The first-order chi connectivity index (χ1) is 10.0. The second-order valence-electron chi connectivity index (χ2n) is 6.48. The summed E-state index contributed by atoms with van der Waals surface area (Å²) in [5.41, 5.74) is 2.06. The Hall–Kier alpha value is -0.910. The number of benzene rings is 1. The van der Waals surface area contributed by atoms with Crippen molar-refractivity contribution >= 4 is 10.0 Å². The molecule has 1 atom stereocenters. The second kappa shape index (κ2) is 6.07. The van der Waals surface area contributed by atoms with Crippen molar-refractivity contribution in [1.29, 1.82) is 0 Å². The fourth-order valence-electron chi connectivity index (χ4n) is 2.83. The lowest BCUT2D eigenvalue weighted by Gasteiger charge is -2.16. The summed E-state index contributed by atoms with van der Waals surface area (Å²) in [5.74, 6) is 0.602. The Morgan fingerprint density at radius 3 is 2.67 bits per heavy atom. The van der Waals surface area contributed by atoms with E-state index in [2.05, 4.69) is 18.3 Å². The van der Waals surface area contributed by atoms with Crippen LogP contribution in [0.3, 0.4) is 0 Å². The van der Waals surface area contributed by atoms with Gasteiger partial charge in [-0.3, -0.25) is 0 Å². The molecule has 0 radical (unpaired) electrons. The predicted molar refractivity (Wildman–Crippen MR) is 84.3 cm³/mol. The molecule has 5 heteroatoms. The molecule has 21 heavy (non-hydrogen) atoms. The lowest BCUT2D eigenvalue weighted by Crippen LogP contribution is -2.29. The van der Waals surface area contributed by atoms with Gasteiger partial charge in [0.05, 0.1) is 5.75 Å². The molecule has 0 spiro atoms. The maximum atomic E-state index is 12.4. The highest BCUT2D eigenvalue weighted by Gasteiger charge is 2.29. The minimum absolute atomic E-state index is 0.122. The molecule has 1 saturated carbocycles. The van der Waals surface area contributed by atoms with E-state index in [1.54, 1.807) is 4.31 Å². The molecule has 2 fully saturated rings. The fourth-order valence-corrected chi connectivity index (χ4v) is 4.48. The summed E-state index contributed by atoms with van der Waals surface area (Å²) in [6.45, 7) is 4.29. The average molecular weight is 308 g/mol. The molecule has 1 saturated heterocycles. The first kappa shape index (κ1) is 15.0. The lowest BCUT2D eigenvalue weighted by molar-refractivity contribution is 0.463. The van der Waals surface area contributed by atoms with Crippen LogP contribution < -0.4 is 5.32 Å². The molecule has 1 heterocycles. The van der Waals surface area contributed by atoms with Crippen molar-refractivity contribution < 1.29 is 8.42 Å². The third kappa shape index (κ3) is 4.05. The summed E-state index contributed by atoms with van der Waals surface area (Å²) in [4.78, 5) is 0. The van der Waals surface area contributed by atoms with Crippen LogP contribution in [0.15, 0.2) is 24.3 Å². The van der Waals surface area contributed by atoms with Crippen LogP contribution in [0.1, 0.15) is 37.3 Å². The van der Waals surface area contributed by atoms with Crippen LogP contribution in [0.5, 0.6) is 0 Å². The van der Waals surface area contributed by atoms with Crippen molar-refractivity contribution in [1.82, 2.24) is 9.62 Å². The predicted octanol–water partition coefficient (Wildman–Crippen LogP) is 2.11. The van der Waals surface area contributed by atoms with Crippen LogP contribution in [-0.2, 0) is 22.3 Å². The molecule has 1 aliphatic carbocycles. The molecule has 0 bridgehead atoms. The minimum atomic E-state index is -3.17. The molecule has 1 unspecified atom stereocenters. The summed E-state index contributed by atoms with van der Waals surface area (Å²) in [6, 6.07) is 8.62. The average Bonchev–Trinajstić information content (AvgIpc) is 3.16. The molecule has 4 nitrogen and oxygen atoms in total. The van der Waals surface area contributed by atoms with E-state index >= 15 is 0 Å². The molecule has 0 aromatic heterocycles. The maximum Gasteiger partial charge on any atom is 0.218 e. The summed E-state index contributed by atoms with van der Waals surface area (Å²) in [5, 5.41) is 3.46. The van der Waals surface area contributed by atoms with Crippen LogP contribution in [-0.4, -0.2) is 31.9 Å². The van der Waals surface area contributed by atoms with Crippen molar-refractivity contribution in [3.63, 3.8) is 0 Å². The number of rotatable bonds is 6. The molecule has 2 aliphatic rings. The van der Waals surface area contributed by atoms with Gasteiger partial charge in [0.25, 0.3) is 0 Å². The van der Waals surface area contributed by atoms with E-state index in [0.717, 1.165) is 18.5 Å². The quantitative estimate of drug-likeness (QED) is 0.875. The Labute approximate surface area is 127 Å². The van der Waals surface area contributed by atoms with Crippen molar-refractivity contribution in [3.05, 3.63) is 35.4 Å². The molecule has 1 aromatic rings. The lowest BCUT2D eigenvalue weighted by atomic mass is 10.1. The van der Waals surface area contributed by atoms with Gasteiger partial charge in [0, 0.05) is 25.7 Å². The molecule has 3 rings (SSSR count).